The molecular weight excluding hydrogens is 322 g/mol. The minimum Gasteiger partial charge on any atom is -0.508 e. The van der Waals surface area contributed by atoms with Crippen molar-refractivity contribution in [2.24, 2.45) is 10.2 Å². The van der Waals surface area contributed by atoms with Crippen LogP contribution in [-0.2, 0) is 0 Å². The summed E-state index contributed by atoms with van der Waals surface area (Å²) >= 11 is 0. The average molecular weight is 354 g/mol. The third-order valence-corrected chi connectivity index (χ3v) is 4.41. The van der Waals surface area contributed by atoms with Crippen LogP contribution >= 0.6 is 0 Å². The van der Waals surface area contributed by atoms with Crippen molar-refractivity contribution in [2.45, 2.75) is 52.4 Å². The van der Waals surface area contributed by atoms with Crippen molar-refractivity contribution in [1.29, 1.82) is 0 Å². The fourth-order valence-corrected chi connectivity index (χ4v) is 2.84. The molecule has 4 heteroatoms. The molecule has 0 aliphatic heterocycles. The Morgan fingerprint density at radius 1 is 0.692 bits per heavy atom. The second-order valence-corrected chi connectivity index (χ2v) is 6.63. The second-order valence-electron chi connectivity index (χ2n) is 6.63. The number of phenolic OH excluding ortho intramolecular Hbond substituents is 1. The SMILES string of the molecule is CCCCCN(CCCCC)c1ccc(/N=N/c2ccc(O)cc2)cc1. The van der Waals surface area contributed by atoms with Gasteiger partial charge in [0.1, 0.15) is 5.75 Å². The van der Waals surface area contributed by atoms with Crippen LogP contribution in [0.5, 0.6) is 5.75 Å². The standard InChI is InChI=1S/C22H31N3O/c1-3-5-7-17-25(18-8-6-4-2)21-13-9-19(10-14-21)23-24-20-11-15-22(26)16-12-20/h9-16,26H,3-8,17-18H2,1-2H3/b24-23+. The van der Waals surface area contributed by atoms with Gasteiger partial charge in [0.2, 0.25) is 0 Å². The fraction of sp³-hybridized carbons (Fsp3) is 0.455. The monoisotopic (exact) mass is 353 g/mol. The van der Waals surface area contributed by atoms with Crippen molar-refractivity contribution in [3.8, 4) is 5.75 Å². The zero-order chi connectivity index (χ0) is 18.6. The average Bonchev–Trinajstić information content (AvgIpc) is 2.67. The van der Waals surface area contributed by atoms with Gasteiger partial charge in [-0.2, -0.15) is 10.2 Å². The van der Waals surface area contributed by atoms with E-state index in [4.69, 9.17) is 0 Å². The molecule has 0 spiro atoms. The van der Waals surface area contributed by atoms with Crippen molar-refractivity contribution < 1.29 is 5.11 Å². The van der Waals surface area contributed by atoms with Crippen LogP contribution in [0.2, 0.25) is 0 Å². The summed E-state index contributed by atoms with van der Waals surface area (Å²) in [5.74, 6) is 0.236. The minimum atomic E-state index is 0.236. The van der Waals surface area contributed by atoms with Gasteiger partial charge in [0.05, 0.1) is 11.4 Å². The first kappa shape index (κ1) is 20.0. The smallest absolute Gasteiger partial charge is 0.115 e. The molecule has 4 nitrogen and oxygen atoms in total. The van der Waals surface area contributed by atoms with Crippen LogP contribution in [0.15, 0.2) is 58.8 Å². The maximum absolute atomic E-state index is 9.30. The number of rotatable bonds is 11. The number of hydrogen-bond acceptors (Lipinski definition) is 4. The Labute approximate surface area is 157 Å². The summed E-state index contributed by atoms with van der Waals surface area (Å²) in [6, 6.07) is 15.0. The number of nitrogens with zero attached hydrogens (tertiary/aromatic N) is 3. The zero-order valence-electron chi connectivity index (χ0n) is 16.1. The lowest BCUT2D eigenvalue weighted by molar-refractivity contribution is 0.475. The predicted octanol–water partition coefficient (Wildman–Crippen LogP) is 6.99. The summed E-state index contributed by atoms with van der Waals surface area (Å²) < 4.78 is 0. The Kier molecular flexibility index (Phi) is 8.67. The molecule has 0 aromatic heterocycles. The predicted molar refractivity (Wildman–Crippen MR) is 110 cm³/mol. The van der Waals surface area contributed by atoms with Gasteiger partial charge in [-0.15, -0.1) is 0 Å². The molecule has 0 amide bonds. The van der Waals surface area contributed by atoms with Gasteiger partial charge in [0, 0.05) is 18.8 Å². The number of anilines is 1. The van der Waals surface area contributed by atoms with E-state index in [0.717, 1.165) is 24.5 Å². The van der Waals surface area contributed by atoms with E-state index in [1.54, 1.807) is 24.3 Å². The zero-order valence-corrected chi connectivity index (χ0v) is 16.1. The number of aromatic hydroxyl groups is 1. The van der Waals surface area contributed by atoms with Gasteiger partial charge in [0.25, 0.3) is 0 Å². The van der Waals surface area contributed by atoms with Crippen LogP contribution in [0.1, 0.15) is 52.4 Å². The molecule has 1 N–H and O–H groups in total. The summed E-state index contributed by atoms with van der Waals surface area (Å²) in [4.78, 5) is 2.49. The fourth-order valence-electron chi connectivity index (χ4n) is 2.84. The Morgan fingerprint density at radius 3 is 1.62 bits per heavy atom. The Balaban J connectivity index is 1.99. The third kappa shape index (κ3) is 6.87. The van der Waals surface area contributed by atoms with Gasteiger partial charge in [-0.25, -0.2) is 0 Å². The molecular formula is C22H31N3O. The van der Waals surface area contributed by atoms with Crippen LogP contribution in [0.25, 0.3) is 0 Å². The van der Waals surface area contributed by atoms with E-state index in [9.17, 15) is 5.11 Å². The number of azo groups is 1. The Bertz CT molecular complexity index is 640. The molecule has 2 aromatic rings. The van der Waals surface area contributed by atoms with Crippen LogP contribution in [0.4, 0.5) is 17.1 Å². The van der Waals surface area contributed by atoms with E-state index in [2.05, 4.69) is 41.1 Å². The highest BCUT2D eigenvalue weighted by Crippen LogP contribution is 2.24. The minimum absolute atomic E-state index is 0.236. The number of hydrogen-bond donors (Lipinski definition) is 1. The lowest BCUT2D eigenvalue weighted by Crippen LogP contribution is -2.25. The third-order valence-electron chi connectivity index (χ3n) is 4.41. The largest absolute Gasteiger partial charge is 0.508 e. The molecule has 0 fully saturated rings. The molecule has 0 unspecified atom stereocenters. The summed E-state index contributed by atoms with van der Waals surface area (Å²) in [7, 11) is 0. The molecule has 0 radical (unpaired) electrons. The Morgan fingerprint density at radius 2 is 1.15 bits per heavy atom. The topological polar surface area (TPSA) is 48.2 Å². The summed E-state index contributed by atoms with van der Waals surface area (Å²) in [5.41, 5.74) is 2.83. The molecule has 0 bridgehead atoms. The van der Waals surface area contributed by atoms with Crippen LogP contribution < -0.4 is 4.90 Å². The molecule has 0 aliphatic carbocycles. The van der Waals surface area contributed by atoms with Gasteiger partial charge in [-0.1, -0.05) is 39.5 Å². The first-order valence-corrected chi connectivity index (χ1v) is 9.78. The molecule has 140 valence electrons. The summed E-state index contributed by atoms with van der Waals surface area (Å²) in [5, 5.41) is 17.8. The van der Waals surface area contributed by atoms with Gasteiger partial charge >= 0.3 is 0 Å². The first-order valence-electron chi connectivity index (χ1n) is 9.78. The van der Waals surface area contributed by atoms with Crippen LogP contribution in [-0.4, -0.2) is 18.2 Å². The summed E-state index contributed by atoms with van der Waals surface area (Å²) in [6.07, 6.45) is 7.54. The molecule has 0 atom stereocenters. The van der Waals surface area contributed by atoms with Crippen molar-refractivity contribution in [2.75, 3.05) is 18.0 Å². The lowest BCUT2D eigenvalue weighted by Gasteiger charge is -2.25. The van der Waals surface area contributed by atoms with Gasteiger partial charge < -0.3 is 10.0 Å². The highest BCUT2D eigenvalue weighted by Gasteiger charge is 2.06. The van der Waals surface area contributed by atoms with Crippen molar-refractivity contribution in [3.63, 3.8) is 0 Å². The van der Waals surface area contributed by atoms with Crippen LogP contribution in [0.3, 0.4) is 0 Å². The number of benzene rings is 2. The lowest BCUT2D eigenvalue weighted by atomic mass is 10.2. The number of unbranched alkanes of at least 4 members (excludes halogenated alkanes) is 4. The second kappa shape index (κ2) is 11.3. The molecule has 26 heavy (non-hydrogen) atoms. The molecule has 0 aliphatic rings. The van der Waals surface area contributed by atoms with Gasteiger partial charge in [-0.3, -0.25) is 0 Å². The molecule has 0 saturated carbocycles. The molecule has 0 heterocycles. The maximum atomic E-state index is 9.30. The number of phenols is 1. The van der Waals surface area contributed by atoms with E-state index in [0.29, 0.717) is 0 Å². The highest BCUT2D eigenvalue weighted by atomic mass is 16.3. The van der Waals surface area contributed by atoms with Crippen molar-refractivity contribution in [3.05, 3.63) is 48.5 Å². The van der Waals surface area contributed by atoms with Gasteiger partial charge in [0.15, 0.2) is 0 Å². The van der Waals surface area contributed by atoms with E-state index >= 15 is 0 Å². The van der Waals surface area contributed by atoms with Crippen LogP contribution in [0, 0.1) is 0 Å². The van der Waals surface area contributed by atoms with E-state index in [1.807, 2.05) is 12.1 Å². The molecule has 2 rings (SSSR count). The normalized spacial score (nSPS) is 11.2. The molecule has 2 aromatic carbocycles. The van der Waals surface area contributed by atoms with Gasteiger partial charge in [-0.05, 0) is 61.4 Å². The molecule has 0 saturated heterocycles. The summed E-state index contributed by atoms with van der Waals surface area (Å²) in [6.45, 7) is 6.72. The van der Waals surface area contributed by atoms with E-state index in [-0.39, 0.29) is 5.75 Å². The van der Waals surface area contributed by atoms with Crippen molar-refractivity contribution >= 4 is 17.1 Å². The van der Waals surface area contributed by atoms with E-state index < -0.39 is 0 Å². The highest BCUT2D eigenvalue weighted by molar-refractivity contribution is 5.53. The Hall–Kier alpha value is -2.36. The van der Waals surface area contributed by atoms with E-state index in [1.165, 1.54) is 44.2 Å². The van der Waals surface area contributed by atoms with Crippen molar-refractivity contribution in [1.82, 2.24) is 0 Å². The first-order chi connectivity index (χ1) is 12.7. The quantitative estimate of drug-likeness (QED) is 0.349. The maximum Gasteiger partial charge on any atom is 0.115 e.